The van der Waals surface area contributed by atoms with Gasteiger partial charge in [-0.2, -0.15) is 4.98 Å². The molecule has 30 heavy (non-hydrogen) atoms. The smallest absolute Gasteiger partial charge is 0.306 e. The van der Waals surface area contributed by atoms with E-state index < -0.39 is 0 Å². The van der Waals surface area contributed by atoms with E-state index in [-0.39, 0.29) is 0 Å². The lowest BCUT2D eigenvalue weighted by molar-refractivity contribution is 0.483. The van der Waals surface area contributed by atoms with Crippen LogP contribution in [0.25, 0.3) is 28.4 Å². The van der Waals surface area contributed by atoms with Gasteiger partial charge >= 0.3 is 5.84 Å². The van der Waals surface area contributed by atoms with Crippen LogP contribution in [-0.4, -0.2) is 9.38 Å². The zero-order chi connectivity index (χ0) is 20.5. The van der Waals surface area contributed by atoms with Gasteiger partial charge in [0.2, 0.25) is 0 Å². The van der Waals surface area contributed by atoms with Crippen molar-refractivity contribution in [1.29, 1.82) is 0 Å². The molecule has 4 nitrogen and oxygen atoms in total. The Morgan fingerprint density at radius 1 is 0.800 bits per heavy atom. The first-order chi connectivity index (χ1) is 14.7. The average Bonchev–Trinajstić information content (AvgIpc) is 3.37. The number of imidazole rings is 1. The molecule has 5 rings (SSSR count). The molecule has 5 aromatic rings. The van der Waals surface area contributed by atoms with Gasteiger partial charge in [0.1, 0.15) is 23.5 Å². The average molecular weight is 394 g/mol. The molecule has 2 heterocycles. The Balaban J connectivity index is 1.53. The summed E-state index contributed by atoms with van der Waals surface area (Å²) in [6.45, 7) is 4.40. The summed E-state index contributed by atoms with van der Waals surface area (Å²) in [4.78, 5) is 4.75. The summed E-state index contributed by atoms with van der Waals surface area (Å²) >= 11 is 0. The monoisotopic (exact) mass is 394 g/mol. The maximum absolute atomic E-state index is 5.93. The predicted molar refractivity (Wildman–Crippen MR) is 119 cm³/mol. The Labute approximate surface area is 175 Å². The number of ether oxygens (including phenoxy) is 1. The number of fused-ring (bicyclic) bond motifs is 1. The minimum absolute atomic E-state index is 0.494. The summed E-state index contributed by atoms with van der Waals surface area (Å²) < 4.78 is 13.5. The molecule has 0 spiro atoms. The van der Waals surface area contributed by atoms with Crippen LogP contribution in [0.2, 0.25) is 0 Å². The Bertz CT molecular complexity index is 1260. The van der Waals surface area contributed by atoms with E-state index in [2.05, 4.69) is 50.2 Å². The van der Waals surface area contributed by atoms with E-state index in [1.807, 2.05) is 53.1 Å². The molecule has 0 fully saturated rings. The van der Waals surface area contributed by atoms with Gasteiger partial charge in [-0.1, -0.05) is 56.3 Å². The third kappa shape index (κ3) is 3.37. The maximum Gasteiger partial charge on any atom is 0.306 e. The fraction of sp³-hybridized carbons (Fsp3) is 0.115. The Morgan fingerprint density at radius 2 is 1.47 bits per heavy atom. The van der Waals surface area contributed by atoms with Crippen molar-refractivity contribution in [3.05, 3.63) is 96.9 Å². The standard InChI is InChI=1S/C26H22N2O2/c1-18(2)19-8-10-20(11-9-19)24-25(28-16-17-29-26(28)27-24)21-12-14-23(15-13-21)30-22-6-4-3-5-7-22/h3-18H,1-2H3. The van der Waals surface area contributed by atoms with Gasteiger partial charge in [0.05, 0.1) is 5.69 Å². The number of aromatic nitrogens is 2. The van der Waals surface area contributed by atoms with Crippen LogP contribution in [0, 0.1) is 0 Å². The number of benzene rings is 3. The number of oxazole rings is 1. The second-order valence-electron chi connectivity index (χ2n) is 7.58. The number of rotatable bonds is 5. The molecule has 0 amide bonds. The summed E-state index contributed by atoms with van der Waals surface area (Å²) in [5.74, 6) is 2.69. The number of hydrogen-bond donors (Lipinski definition) is 0. The second-order valence-corrected chi connectivity index (χ2v) is 7.58. The normalized spacial score (nSPS) is 11.3. The Hall–Kier alpha value is -3.79. The highest BCUT2D eigenvalue weighted by Crippen LogP contribution is 2.35. The van der Waals surface area contributed by atoms with Crippen molar-refractivity contribution in [2.24, 2.45) is 0 Å². The molecule has 2 aromatic heterocycles. The lowest BCUT2D eigenvalue weighted by Gasteiger charge is -2.09. The minimum atomic E-state index is 0.494. The highest BCUT2D eigenvalue weighted by atomic mass is 16.5. The SMILES string of the molecule is CC(C)c1ccc(-c2nc3occn3c2-c2ccc(Oc3ccccc3)cc2)cc1. The van der Waals surface area contributed by atoms with Crippen LogP contribution in [0.3, 0.4) is 0 Å². The van der Waals surface area contributed by atoms with Crippen LogP contribution in [0.5, 0.6) is 11.5 Å². The summed E-state index contributed by atoms with van der Waals surface area (Å²) in [6, 6.07) is 26.5. The summed E-state index contributed by atoms with van der Waals surface area (Å²) in [5.41, 5.74) is 5.33. The van der Waals surface area contributed by atoms with Crippen LogP contribution < -0.4 is 4.74 Å². The molecule has 0 radical (unpaired) electrons. The van der Waals surface area contributed by atoms with Gasteiger partial charge in [-0.3, -0.25) is 4.40 Å². The quantitative estimate of drug-likeness (QED) is 0.317. The molecule has 3 aromatic carbocycles. The summed E-state index contributed by atoms with van der Waals surface area (Å²) in [7, 11) is 0. The van der Waals surface area contributed by atoms with E-state index in [0.717, 1.165) is 34.0 Å². The lowest BCUT2D eigenvalue weighted by atomic mass is 9.99. The Kier molecular flexibility index (Phi) is 4.60. The van der Waals surface area contributed by atoms with Gasteiger partial charge in [0, 0.05) is 17.3 Å². The first kappa shape index (κ1) is 18.3. The van der Waals surface area contributed by atoms with Crippen molar-refractivity contribution in [2.45, 2.75) is 19.8 Å². The number of para-hydroxylation sites is 1. The maximum atomic E-state index is 5.93. The third-order valence-corrected chi connectivity index (χ3v) is 5.22. The second kappa shape index (κ2) is 7.56. The van der Waals surface area contributed by atoms with E-state index in [4.69, 9.17) is 14.1 Å². The van der Waals surface area contributed by atoms with Crippen molar-refractivity contribution in [2.75, 3.05) is 0 Å². The Morgan fingerprint density at radius 3 is 2.17 bits per heavy atom. The van der Waals surface area contributed by atoms with E-state index in [9.17, 15) is 0 Å². The molecule has 0 aliphatic rings. The van der Waals surface area contributed by atoms with Gasteiger partial charge in [0.15, 0.2) is 0 Å². The van der Waals surface area contributed by atoms with Gasteiger partial charge in [-0.05, 0) is 47.9 Å². The van der Waals surface area contributed by atoms with E-state index in [1.54, 1.807) is 6.26 Å². The van der Waals surface area contributed by atoms with Crippen molar-refractivity contribution in [3.63, 3.8) is 0 Å². The molecule has 148 valence electrons. The van der Waals surface area contributed by atoms with Crippen LogP contribution in [-0.2, 0) is 0 Å². The molecule has 0 N–H and O–H groups in total. The molecule has 0 aliphatic heterocycles. The fourth-order valence-corrected chi connectivity index (χ4v) is 3.59. The molecule has 0 aliphatic carbocycles. The van der Waals surface area contributed by atoms with Crippen LogP contribution in [0.4, 0.5) is 0 Å². The fourth-order valence-electron chi connectivity index (χ4n) is 3.59. The van der Waals surface area contributed by atoms with E-state index in [1.165, 1.54) is 5.56 Å². The lowest BCUT2D eigenvalue weighted by Crippen LogP contribution is -1.90. The predicted octanol–water partition coefficient (Wildman–Crippen LogP) is 7.18. The topological polar surface area (TPSA) is 39.7 Å². The van der Waals surface area contributed by atoms with E-state index in [0.29, 0.717) is 11.8 Å². The number of nitrogens with zero attached hydrogens (tertiary/aromatic N) is 2. The molecule has 0 saturated carbocycles. The molecule has 0 atom stereocenters. The summed E-state index contributed by atoms with van der Waals surface area (Å²) in [5, 5.41) is 0. The molecular weight excluding hydrogens is 372 g/mol. The van der Waals surface area contributed by atoms with Crippen LogP contribution in [0.1, 0.15) is 25.3 Å². The van der Waals surface area contributed by atoms with Crippen molar-refractivity contribution in [1.82, 2.24) is 9.38 Å². The first-order valence-corrected chi connectivity index (χ1v) is 10.1. The van der Waals surface area contributed by atoms with Crippen molar-refractivity contribution in [3.8, 4) is 34.0 Å². The molecule has 0 saturated heterocycles. The highest BCUT2D eigenvalue weighted by molar-refractivity contribution is 5.81. The molecule has 0 unspecified atom stereocenters. The molecule has 0 bridgehead atoms. The number of hydrogen-bond acceptors (Lipinski definition) is 3. The van der Waals surface area contributed by atoms with Gasteiger partial charge < -0.3 is 9.15 Å². The summed E-state index contributed by atoms with van der Waals surface area (Å²) in [6.07, 6.45) is 3.56. The minimum Gasteiger partial charge on any atom is -0.457 e. The van der Waals surface area contributed by atoms with Gasteiger partial charge in [0.25, 0.3) is 0 Å². The van der Waals surface area contributed by atoms with Gasteiger partial charge in [-0.15, -0.1) is 0 Å². The third-order valence-electron chi connectivity index (χ3n) is 5.22. The zero-order valence-electron chi connectivity index (χ0n) is 16.9. The van der Waals surface area contributed by atoms with Crippen LogP contribution in [0.15, 0.2) is 95.7 Å². The largest absolute Gasteiger partial charge is 0.457 e. The zero-order valence-corrected chi connectivity index (χ0v) is 16.9. The van der Waals surface area contributed by atoms with Crippen molar-refractivity contribution >= 4 is 5.84 Å². The highest BCUT2D eigenvalue weighted by Gasteiger charge is 2.18. The van der Waals surface area contributed by atoms with Crippen molar-refractivity contribution < 1.29 is 9.15 Å². The molecule has 4 heteroatoms. The van der Waals surface area contributed by atoms with E-state index >= 15 is 0 Å². The van der Waals surface area contributed by atoms with Crippen LogP contribution >= 0.6 is 0 Å². The molecular formula is C26H22N2O2. The first-order valence-electron chi connectivity index (χ1n) is 10.1. The van der Waals surface area contributed by atoms with Gasteiger partial charge in [-0.25, -0.2) is 0 Å².